The summed E-state index contributed by atoms with van der Waals surface area (Å²) in [7, 11) is 0. The monoisotopic (exact) mass is 402 g/mol. The first-order chi connectivity index (χ1) is 11.0. The van der Waals surface area contributed by atoms with Crippen LogP contribution in [0.5, 0.6) is 0 Å². The summed E-state index contributed by atoms with van der Waals surface area (Å²) in [5, 5.41) is 5.33. The first-order valence-electron chi connectivity index (χ1n) is 6.82. The Morgan fingerprint density at radius 3 is 2.56 bits per heavy atom. The molecule has 1 heterocycles. The topological polar surface area (TPSA) is 42.0 Å². The Morgan fingerprint density at radius 2 is 1.88 bits per heavy atom. The Bertz CT molecular complexity index is 887. The van der Waals surface area contributed by atoms with Crippen LogP contribution in [-0.2, 0) is 0 Å². The molecule has 3 aromatic rings. The van der Waals surface area contributed by atoms with Crippen LogP contribution in [0.2, 0.25) is 0 Å². The van der Waals surface area contributed by atoms with Gasteiger partial charge >= 0.3 is 0 Å². The molecule has 0 aliphatic carbocycles. The lowest BCUT2D eigenvalue weighted by molar-refractivity contribution is 0.101. The lowest BCUT2D eigenvalue weighted by Crippen LogP contribution is -1.95. The number of carbonyl (C=O) groups is 1. The average molecular weight is 403 g/mol. The van der Waals surface area contributed by atoms with Crippen LogP contribution in [0.25, 0.3) is 11.3 Å². The van der Waals surface area contributed by atoms with Gasteiger partial charge in [0.25, 0.3) is 0 Å². The van der Waals surface area contributed by atoms with Crippen LogP contribution in [-0.4, -0.2) is 10.8 Å². The van der Waals surface area contributed by atoms with Crippen molar-refractivity contribution in [1.82, 2.24) is 4.98 Å². The van der Waals surface area contributed by atoms with E-state index in [4.69, 9.17) is 0 Å². The first-order valence-corrected chi connectivity index (χ1v) is 7.70. The zero-order valence-electron chi connectivity index (χ0n) is 13.0. The molecule has 0 saturated carbocycles. The van der Waals surface area contributed by atoms with Crippen LogP contribution in [0.15, 0.2) is 47.8 Å². The summed E-state index contributed by atoms with van der Waals surface area (Å²) in [5.74, 6) is -1.30. The van der Waals surface area contributed by atoms with Gasteiger partial charge < -0.3 is 5.32 Å². The number of halogens is 4. The van der Waals surface area contributed by atoms with Gasteiger partial charge in [-0.2, -0.15) is 0 Å². The highest BCUT2D eigenvalue weighted by atomic mass is 35.5. The van der Waals surface area contributed by atoms with Crippen molar-refractivity contribution in [1.29, 1.82) is 0 Å². The maximum absolute atomic E-state index is 13.8. The van der Waals surface area contributed by atoms with Gasteiger partial charge in [-0.15, -0.1) is 36.2 Å². The molecule has 2 aromatic carbocycles. The molecule has 3 nitrogen and oxygen atoms in total. The highest BCUT2D eigenvalue weighted by Crippen LogP contribution is 2.29. The molecule has 0 saturated heterocycles. The maximum Gasteiger partial charge on any atom is 0.187 e. The predicted molar refractivity (Wildman–Crippen MR) is 102 cm³/mol. The number of nitrogens with zero attached hydrogens (tertiary/aromatic N) is 1. The summed E-state index contributed by atoms with van der Waals surface area (Å²) in [6.07, 6.45) is 0. The molecule has 0 amide bonds. The first kappa shape index (κ1) is 21.0. The summed E-state index contributed by atoms with van der Waals surface area (Å²) in [6, 6.07) is 10.4. The molecule has 132 valence electrons. The van der Waals surface area contributed by atoms with Crippen molar-refractivity contribution in [2.45, 2.75) is 6.92 Å². The Hall–Kier alpha value is -2.02. The van der Waals surface area contributed by atoms with E-state index in [1.54, 1.807) is 23.6 Å². The number of benzene rings is 2. The van der Waals surface area contributed by atoms with E-state index >= 15 is 0 Å². The number of carbonyl (C=O) groups excluding carboxylic acids is 1. The van der Waals surface area contributed by atoms with Gasteiger partial charge in [0.15, 0.2) is 10.9 Å². The lowest BCUT2D eigenvalue weighted by Gasteiger charge is -2.04. The molecule has 25 heavy (non-hydrogen) atoms. The Morgan fingerprint density at radius 1 is 1.12 bits per heavy atom. The van der Waals surface area contributed by atoms with Gasteiger partial charge in [0, 0.05) is 28.3 Å². The van der Waals surface area contributed by atoms with Gasteiger partial charge in [-0.3, -0.25) is 4.79 Å². The molecular formula is C17H14Cl2F2N2OS. The SMILES string of the molecule is CC(=O)c1cccc(Nc2nc(-c3ccc(F)cc3F)cs2)c1.Cl.Cl. The molecule has 0 bridgehead atoms. The maximum atomic E-state index is 13.8. The molecular weight excluding hydrogens is 389 g/mol. The standard InChI is InChI=1S/C17H12F2N2OS.2ClH/c1-10(22)11-3-2-4-13(7-11)20-17-21-16(9-23-17)14-6-5-12(18)8-15(14)19;;/h2-9H,1H3,(H,20,21);2*1H. The summed E-state index contributed by atoms with van der Waals surface area (Å²) >= 11 is 1.30. The summed E-state index contributed by atoms with van der Waals surface area (Å²) in [6.45, 7) is 1.50. The van der Waals surface area contributed by atoms with E-state index in [2.05, 4.69) is 10.3 Å². The Balaban J connectivity index is 0.00000156. The number of aromatic nitrogens is 1. The molecule has 0 unspecified atom stereocenters. The highest BCUT2D eigenvalue weighted by Gasteiger charge is 2.11. The van der Waals surface area contributed by atoms with E-state index in [0.717, 1.165) is 11.8 Å². The van der Waals surface area contributed by atoms with E-state index in [1.165, 1.54) is 30.4 Å². The van der Waals surface area contributed by atoms with Crippen molar-refractivity contribution < 1.29 is 13.6 Å². The molecule has 0 radical (unpaired) electrons. The van der Waals surface area contributed by atoms with Crippen molar-refractivity contribution in [3.8, 4) is 11.3 Å². The van der Waals surface area contributed by atoms with Crippen LogP contribution in [0.1, 0.15) is 17.3 Å². The van der Waals surface area contributed by atoms with Crippen LogP contribution < -0.4 is 5.32 Å². The van der Waals surface area contributed by atoms with Crippen LogP contribution in [0.3, 0.4) is 0 Å². The fourth-order valence-electron chi connectivity index (χ4n) is 2.09. The molecule has 0 aliphatic rings. The summed E-state index contributed by atoms with van der Waals surface area (Å²) < 4.78 is 26.7. The van der Waals surface area contributed by atoms with E-state index < -0.39 is 11.6 Å². The zero-order chi connectivity index (χ0) is 16.4. The summed E-state index contributed by atoms with van der Waals surface area (Å²) in [4.78, 5) is 15.7. The number of hydrogen-bond acceptors (Lipinski definition) is 4. The largest absolute Gasteiger partial charge is 0.332 e. The Kier molecular flexibility index (Phi) is 7.48. The van der Waals surface area contributed by atoms with Gasteiger partial charge in [0.05, 0.1) is 5.69 Å². The minimum absolute atomic E-state index is 0. The minimum atomic E-state index is -0.652. The highest BCUT2D eigenvalue weighted by molar-refractivity contribution is 7.14. The van der Waals surface area contributed by atoms with Crippen molar-refractivity contribution in [3.05, 3.63) is 65.0 Å². The fraction of sp³-hybridized carbons (Fsp3) is 0.0588. The molecule has 1 aromatic heterocycles. The number of ketones is 1. The third kappa shape index (κ3) is 4.98. The second kappa shape index (κ2) is 8.89. The smallest absolute Gasteiger partial charge is 0.187 e. The van der Waals surface area contributed by atoms with Crippen LogP contribution >= 0.6 is 36.2 Å². The quantitative estimate of drug-likeness (QED) is 0.554. The second-order valence-corrected chi connectivity index (χ2v) is 5.78. The van der Waals surface area contributed by atoms with E-state index in [1.807, 2.05) is 6.07 Å². The minimum Gasteiger partial charge on any atom is -0.332 e. The average Bonchev–Trinajstić information content (AvgIpc) is 2.95. The van der Waals surface area contributed by atoms with Crippen molar-refractivity contribution in [2.24, 2.45) is 0 Å². The van der Waals surface area contributed by atoms with Crippen LogP contribution in [0, 0.1) is 11.6 Å². The molecule has 0 aliphatic heterocycles. The summed E-state index contributed by atoms with van der Waals surface area (Å²) in [5.41, 5.74) is 1.99. The molecule has 1 N–H and O–H groups in total. The number of nitrogens with one attached hydrogen (secondary N) is 1. The van der Waals surface area contributed by atoms with Gasteiger partial charge in [0.1, 0.15) is 11.6 Å². The number of hydrogen-bond donors (Lipinski definition) is 1. The zero-order valence-corrected chi connectivity index (χ0v) is 15.4. The number of thiazole rings is 1. The molecule has 3 rings (SSSR count). The van der Waals surface area contributed by atoms with Gasteiger partial charge in [-0.1, -0.05) is 12.1 Å². The fourth-order valence-corrected chi connectivity index (χ4v) is 2.82. The number of Topliss-reactive ketones (excluding diaryl/α,β-unsaturated/α-hetero) is 1. The van der Waals surface area contributed by atoms with Crippen molar-refractivity contribution >= 4 is 52.8 Å². The molecule has 0 atom stereocenters. The predicted octanol–water partition coefficient (Wildman–Crippen LogP) is 5.88. The second-order valence-electron chi connectivity index (χ2n) is 4.92. The van der Waals surface area contributed by atoms with Gasteiger partial charge in [0.2, 0.25) is 0 Å². The molecule has 0 spiro atoms. The van der Waals surface area contributed by atoms with E-state index in [0.29, 0.717) is 16.4 Å². The number of rotatable bonds is 4. The van der Waals surface area contributed by atoms with E-state index in [9.17, 15) is 13.6 Å². The third-order valence-corrected chi connectivity index (χ3v) is 3.99. The van der Waals surface area contributed by atoms with Crippen LogP contribution in [0.4, 0.5) is 19.6 Å². The van der Waals surface area contributed by atoms with Gasteiger partial charge in [-0.25, -0.2) is 13.8 Å². The molecule has 8 heteroatoms. The Labute approximate surface area is 159 Å². The van der Waals surface area contributed by atoms with Crippen molar-refractivity contribution in [2.75, 3.05) is 5.32 Å². The van der Waals surface area contributed by atoms with Crippen molar-refractivity contribution in [3.63, 3.8) is 0 Å². The van der Waals surface area contributed by atoms with E-state index in [-0.39, 0.29) is 36.2 Å². The molecule has 0 fully saturated rings. The third-order valence-electron chi connectivity index (χ3n) is 3.23. The van der Waals surface area contributed by atoms with Gasteiger partial charge in [-0.05, 0) is 31.2 Å². The lowest BCUT2D eigenvalue weighted by atomic mass is 10.1. The number of anilines is 2. The normalized spacial score (nSPS) is 9.72.